The van der Waals surface area contributed by atoms with E-state index in [-0.39, 0.29) is 6.54 Å². The molecule has 0 bridgehead atoms. The number of halogens is 1. The average molecular weight is 324 g/mol. The smallest absolute Gasteiger partial charge is 0.311 e. The van der Waals surface area contributed by atoms with Crippen molar-refractivity contribution in [3.05, 3.63) is 22.8 Å². The predicted molar refractivity (Wildman–Crippen MR) is 68.1 cm³/mol. The minimum absolute atomic E-state index is 0.272. The van der Waals surface area contributed by atoms with Crippen LogP contribution in [0.5, 0.6) is 0 Å². The lowest BCUT2D eigenvalue weighted by molar-refractivity contribution is -0.144. The number of carboxylic acids is 1. The van der Waals surface area contributed by atoms with E-state index in [0.29, 0.717) is 24.4 Å². The fraction of sp³-hybridized carbons (Fsp3) is 0.364. The maximum atomic E-state index is 11.2. The number of carboxylic acid groups (broad SMARTS) is 1. The van der Waals surface area contributed by atoms with Crippen LogP contribution in [0, 0.1) is 5.41 Å². The molecular weight excluding hydrogens is 314 g/mol. The van der Waals surface area contributed by atoms with Gasteiger partial charge < -0.3 is 5.11 Å². The van der Waals surface area contributed by atoms with E-state index < -0.39 is 11.4 Å². The molecule has 1 fully saturated rings. The van der Waals surface area contributed by atoms with Crippen LogP contribution < -0.4 is 0 Å². The molecule has 0 unspecified atom stereocenters. The molecule has 19 heavy (non-hydrogen) atoms. The Kier molecular flexibility index (Phi) is 2.81. The number of rotatable bonds is 4. The lowest BCUT2D eigenvalue weighted by Crippen LogP contribution is -2.22. The van der Waals surface area contributed by atoms with Gasteiger partial charge in [-0.25, -0.2) is 4.68 Å². The number of hydrogen-bond acceptors (Lipinski definition) is 5. The molecule has 0 aromatic carbocycles. The van der Waals surface area contributed by atoms with E-state index in [1.807, 2.05) is 6.07 Å². The zero-order valence-corrected chi connectivity index (χ0v) is 11.4. The van der Waals surface area contributed by atoms with Crippen molar-refractivity contribution in [2.24, 2.45) is 5.41 Å². The summed E-state index contributed by atoms with van der Waals surface area (Å²) >= 11 is 3.39. The molecule has 2 heterocycles. The molecule has 7 nitrogen and oxygen atoms in total. The van der Waals surface area contributed by atoms with Crippen LogP contribution in [-0.2, 0) is 11.3 Å². The van der Waals surface area contributed by atoms with Crippen molar-refractivity contribution in [1.82, 2.24) is 25.2 Å². The molecule has 0 saturated heterocycles. The first-order valence-electron chi connectivity index (χ1n) is 5.73. The van der Waals surface area contributed by atoms with Crippen molar-refractivity contribution in [3.63, 3.8) is 0 Å². The summed E-state index contributed by atoms with van der Waals surface area (Å²) in [4.78, 5) is 15.4. The van der Waals surface area contributed by atoms with Gasteiger partial charge in [0.25, 0.3) is 0 Å². The summed E-state index contributed by atoms with van der Waals surface area (Å²) in [5.74, 6) is -0.325. The maximum Gasteiger partial charge on any atom is 0.311 e. The quantitative estimate of drug-likeness (QED) is 0.913. The van der Waals surface area contributed by atoms with E-state index in [0.717, 1.165) is 4.47 Å². The highest BCUT2D eigenvalue weighted by atomic mass is 79.9. The van der Waals surface area contributed by atoms with Gasteiger partial charge in [-0.1, -0.05) is 0 Å². The summed E-state index contributed by atoms with van der Waals surface area (Å²) in [6, 6.07) is 3.63. The Morgan fingerprint density at radius 2 is 2.32 bits per heavy atom. The van der Waals surface area contributed by atoms with Gasteiger partial charge in [-0.3, -0.25) is 9.78 Å². The molecule has 8 heteroatoms. The molecule has 1 saturated carbocycles. The van der Waals surface area contributed by atoms with Gasteiger partial charge in [0, 0.05) is 10.7 Å². The number of pyridine rings is 1. The monoisotopic (exact) mass is 323 g/mol. The number of hydrogen-bond donors (Lipinski definition) is 1. The number of aromatic nitrogens is 5. The van der Waals surface area contributed by atoms with E-state index in [2.05, 4.69) is 36.4 Å². The van der Waals surface area contributed by atoms with Crippen LogP contribution in [0.2, 0.25) is 0 Å². The summed E-state index contributed by atoms with van der Waals surface area (Å²) < 4.78 is 2.28. The molecule has 3 rings (SSSR count). The molecule has 2 aromatic heterocycles. The third-order valence-corrected chi connectivity index (χ3v) is 3.90. The molecule has 0 aliphatic heterocycles. The van der Waals surface area contributed by atoms with E-state index in [9.17, 15) is 9.90 Å². The standard InChI is InChI=1S/C11H10BrN5O2/c12-7-2-1-5-13-8(7)9-14-15-16-17(9)6-11(3-4-11)10(18)19/h1-2,5H,3-4,6H2,(H,18,19). The van der Waals surface area contributed by atoms with Gasteiger partial charge in [-0.15, -0.1) is 5.10 Å². The van der Waals surface area contributed by atoms with Gasteiger partial charge in [0.1, 0.15) is 5.69 Å². The van der Waals surface area contributed by atoms with Crippen molar-refractivity contribution in [1.29, 1.82) is 0 Å². The van der Waals surface area contributed by atoms with Gasteiger partial charge in [-0.2, -0.15) is 0 Å². The minimum Gasteiger partial charge on any atom is -0.481 e. The normalized spacial score (nSPS) is 16.3. The molecule has 0 amide bonds. The van der Waals surface area contributed by atoms with Crippen LogP contribution in [-0.4, -0.2) is 36.3 Å². The second kappa shape index (κ2) is 4.37. The van der Waals surface area contributed by atoms with Gasteiger partial charge in [0.05, 0.1) is 12.0 Å². The molecule has 0 spiro atoms. The zero-order chi connectivity index (χ0) is 13.5. The topological polar surface area (TPSA) is 93.8 Å². The van der Waals surface area contributed by atoms with Crippen LogP contribution in [0.4, 0.5) is 0 Å². The fourth-order valence-electron chi connectivity index (χ4n) is 1.91. The second-order valence-corrected chi connectivity index (χ2v) is 5.43. The highest BCUT2D eigenvalue weighted by Crippen LogP contribution is 2.47. The molecule has 2 aromatic rings. The minimum atomic E-state index is -0.797. The summed E-state index contributed by atoms with van der Waals surface area (Å²) in [6.07, 6.45) is 2.96. The maximum absolute atomic E-state index is 11.2. The number of aliphatic carboxylic acids is 1. The van der Waals surface area contributed by atoms with E-state index >= 15 is 0 Å². The van der Waals surface area contributed by atoms with Crippen molar-refractivity contribution in [3.8, 4) is 11.5 Å². The summed E-state index contributed by atoms with van der Waals surface area (Å²) in [7, 11) is 0. The van der Waals surface area contributed by atoms with Crippen molar-refractivity contribution in [2.75, 3.05) is 0 Å². The molecule has 98 valence electrons. The van der Waals surface area contributed by atoms with Gasteiger partial charge in [-0.05, 0) is 51.3 Å². The van der Waals surface area contributed by atoms with Gasteiger partial charge >= 0.3 is 5.97 Å². The molecule has 1 aliphatic carbocycles. The largest absolute Gasteiger partial charge is 0.481 e. The Hall–Kier alpha value is -1.83. The fourth-order valence-corrected chi connectivity index (χ4v) is 2.34. The molecule has 1 aliphatic rings. The predicted octanol–water partition coefficient (Wildman–Crippen LogP) is 1.36. The highest BCUT2D eigenvalue weighted by molar-refractivity contribution is 9.10. The van der Waals surface area contributed by atoms with E-state index in [1.54, 1.807) is 12.3 Å². The molecule has 0 atom stereocenters. The average Bonchev–Trinajstić information content (AvgIpc) is 3.03. The number of tetrazole rings is 1. The Balaban J connectivity index is 1.96. The van der Waals surface area contributed by atoms with Crippen LogP contribution in [0.25, 0.3) is 11.5 Å². The van der Waals surface area contributed by atoms with Crippen molar-refractivity contribution in [2.45, 2.75) is 19.4 Å². The summed E-state index contributed by atoms with van der Waals surface area (Å²) in [5, 5.41) is 20.6. The van der Waals surface area contributed by atoms with E-state index in [1.165, 1.54) is 4.68 Å². The van der Waals surface area contributed by atoms with Crippen molar-refractivity contribution >= 4 is 21.9 Å². The van der Waals surface area contributed by atoms with Gasteiger partial charge in [0.2, 0.25) is 5.82 Å². The first-order valence-corrected chi connectivity index (χ1v) is 6.52. The number of nitrogens with zero attached hydrogens (tertiary/aromatic N) is 5. The number of carbonyl (C=O) groups is 1. The summed E-state index contributed by atoms with van der Waals surface area (Å²) in [5.41, 5.74) is -0.112. The Bertz CT molecular complexity index is 638. The Labute approximate surface area is 116 Å². The van der Waals surface area contributed by atoms with Crippen LogP contribution in [0.15, 0.2) is 22.8 Å². The van der Waals surface area contributed by atoms with E-state index in [4.69, 9.17) is 0 Å². The molecule has 0 radical (unpaired) electrons. The second-order valence-electron chi connectivity index (χ2n) is 4.58. The molecular formula is C11H10BrN5O2. The lowest BCUT2D eigenvalue weighted by atomic mass is 10.1. The van der Waals surface area contributed by atoms with Gasteiger partial charge in [0.15, 0.2) is 0 Å². The van der Waals surface area contributed by atoms with Crippen molar-refractivity contribution < 1.29 is 9.90 Å². The highest BCUT2D eigenvalue weighted by Gasteiger charge is 2.51. The van der Waals surface area contributed by atoms with Crippen LogP contribution in [0.3, 0.4) is 0 Å². The Morgan fingerprint density at radius 3 is 2.95 bits per heavy atom. The third-order valence-electron chi connectivity index (χ3n) is 3.26. The SMILES string of the molecule is O=C(O)C1(Cn2nnnc2-c2ncccc2Br)CC1. The zero-order valence-electron chi connectivity index (χ0n) is 9.82. The summed E-state index contributed by atoms with van der Waals surface area (Å²) in [6.45, 7) is 0.272. The van der Waals surface area contributed by atoms with Crippen LogP contribution >= 0.6 is 15.9 Å². The Morgan fingerprint density at radius 1 is 1.53 bits per heavy atom. The lowest BCUT2D eigenvalue weighted by Gasteiger charge is -2.10. The third kappa shape index (κ3) is 2.12. The molecule has 1 N–H and O–H groups in total. The van der Waals surface area contributed by atoms with Crippen LogP contribution in [0.1, 0.15) is 12.8 Å². The first kappa shape index (κ1) is 12.2. The first-order chi connectivity index (χ1) is 9.12.